The molecule has 1 nitrogen and oxygen atoms in total. The Bertz CT molecular complexity index is 177. The van der Waals surface area contributed by atoms with Gasteiger partial charge in [-0.2, -0.15) is 0 Å². The number of nitrogens with zero attached hydrogens (tertiary/aromatic N) is 1. The van der Waals surface area contributed by atoms with E-state index in [1.807, 2.05) is 13.8 Å². The van der Waals surface area contributed by atoms with Gasteiger partial charge in [0, 0.05) is 536 Å². The molecule has 2 aliphatic heterocycles. The minimum absolute atomic E-state index is 0. The van der Waals surface area contributed by atoms with Crippen molar-refractivity contribution in [1.82, 2.24) is 4.90 Å². The van der Waals surface area contributed by atoms with Crippen LogP contribution < -0.4 is 0 Å². The molecule has 0 aromatic heterocycles. The number of fused-ring (bicyclic) bond motifs is 2. The molecule has 1 saturated heterocycles. The Morgan fingerprint density at radius 1 is 0.486 bits per heavy atom. The van der Waals surface area contributed by atoms with Crippen LogP contribution in [0, 0.1) is 12.8 Å². The van der Waals surface area contributed by atoms with Gasteiger partial charge in [-0.1, -0.05) is 26.8 Å². The van der Waals surface area contributed by atoms with Gasteiger partial charge in [0.05, 0.1) is 0 Å². The Balaban J connectivity index is -0.00000000158. The van der Waals surface area contributed by atoms with Crippen LogP contribution in [0.2, 0.25) is 0 Å². The van der Waals surface area contributed by atoms with Crippen LogP contribution in [0.3, 0.4) is 0 Å². The first-order chi connectivity index (χ1) is 4.79. The van der Waals surface area contributed by atoms with E-state index in [2.05, 4.69) is 24.1 Å². The molecule has 2 aliphatic rings. The minimum atomic E-state index is 0. The molecule has 1 atom stereocenters. The predicted octanol–water partition coefficient (Wildman–Crippen LogP) is 2.64. The quantitative estimate of drug-likeness (QED) is 0.338. The Morgan fingerprint density at radius 3 is 0.714 bits per heavy atom. The molecule has 0 N–H and O–H groups in total. The van der Waals surface area contributed by atoms with Crippen molar-refractivity contribution in [3.8, 4) is 0 Å². The maximum Gasteiger partial charge on any atom is 0.0262 e. The second-order valence-corrected chi connectivity index (χ2v) is 3.19. The molecule has 0 aromatic carbocycles. The Morgan fingerprint density at radius 2 is 0.686 bits per heavy atom. The van der Waals surface area contributed by atoms with E-state index in [1.54, 1.807) is 0 Å². The normalized spacial score (nSPS) is 9.74. The summed E-state index contributed by atoms with van der Waals surface area (Å²) in [4.78, 5) is 2.39. The summed E-state index contributed by atoms with van der Waals surface area (Å²) in [6.07, 6.45) is 5.92. The maximum atomic E-state index is 2.39. The summed E-state index contributed by atoms with van der Waals surface area (Å²) in [6.45, 7) is 8.89. The molecule has 0 spiro atoms. The molecule has 1 fully saturated rings. The Kier molecular flexibility index (Phi) is 711. The van der Waals surface area contributed by atoms with Crippen molar-refractivity contribution in [2.24, 2.45) is 5.41 Å². The molecule has 1 unspecified atom stereocenters. The Hall–Kier alpha value is 16.5. The summed E-state index contributed by atoms with van der Waals surface area (Å²) in [5.74, 6) is 0. The molecule has 0 aromatic rings. The summed E-state index contributed by atoms with van der Waals surface area (Å²) < 4.78 is 0. The molecule has 0 aliphatic carbocycles. The zero-order valence-corrected chi connectivity index (χ0v) is 88.5. The average Bonchev–Trinajstić information content (AvgIpc) is 2.49. The van der Waals surface area contributed by atoms with E-state index in [1.165, 1.54) is 19.5 Å². The topological polar surface area (TPSA) is 3.24 Å². The summed E-state index contributed by atoms with van der Waals surface area (Å²) in [6, 6.07) is 0. The first-order valence-corrected chi connectivity index (χ1v) is 4.22. The van der Waals surface area contributed by atoms with E-state index in [0.717, 1.165) is 0 Å². The zero-order valence-electron chi connectivity index (χ0n) is 18.2. The van der Waals surface area contributed by atoms with Crippen LogP contribution in [0.25, 0.3) is 0 Å². The number of rotatable bonds is 0. The molecule has 2 heterocycles. The summed E-state index contributed by atoms with van der Waals surface area (Å²) in [5, 5.41) is 0. The first kappa shape index (κ1) is 187. The average molecular weight is 4470 g/mol. The fraction of sp³-hybridized carbons (Fsp3) is 0.700. The van der Waals surface area contributed by atoms with E-state index in [9.17, 15) is 0 Å². The third-order valence-corrected chi connectivity index (χ3v) is 2.22. The van der Waals surface area contributed by atoms with Crippen LogP contribution in [-0.2, 0) is 517 Å². The molecule has 0 amide bonds. The van der Waals surface area contributed by atoms with Crippen LogP contribution in [-0.4, -0.2) is 18.0 Å². The smallest absolute Gasteiger partial charge is 0.0262 e. The standard InChI is InChI=1S/C7H11N.C2H6.CH3.23W.Y/c1-7-2-4-8(6-7)5-3-7;1-2;;;;;;;;;;;;;;;;;;;;;;;;;/h2,4H,3,5-6H2,1H3;1-2H3;1H3;;;;;;;;;;;;;;;;;;;;;;;;/q;;-1;;;;;;;;;;;;;;;;;;;;;;;;. The van der Waals surface area contributed by atoms with Crippen molar-refractivity contribution in [1.29, 1.82) is 0 Å². The maximum absolute atomic E-state index is 2.39. The molecule has 0 saturated carbocycles. The molecular weight excluding hydrogens is 4450 g/mol. The third-order valence-electron chi connectivity index (χ3n) is 2.22. The molecule has 1 radical (unpaired) electrons. The molecule has 2 rings (SSSR count). The van der Waals surface area contributed by atoms with E-state index >= 15 is 0 Å². The van der Waals surface area contributed by atoms with Gasteiger partial charge < -0.3 is 12.3 Å². The summed E-state index contributed by atoms with van der Waals surface area (Å²) in [7, 11) is 0. The first-order valence-electron chi connectivity index (χ1n) is 4.22. The van der Waals surface area contributed by atoms with E-state index in [4.69, 9.17) is 0 Å². The van der Waals surface area contributed by atoms with Crippen LogP contribution in [0.15, 0.2) is 12.3 Å². The fourth-order valence-electron chi connectivity index (χ4n) is 1.57. The number of hydrogen-bond acceptors (Lipinski definition) is 1. The summed E-state index contributed by atoms with van der Waals surface area (Å²) >= 11 is 0. The van der Waals surface area contributed by atoms with Gasteiger partial charge in [0.2, 0.25) is 0 Å². The molecular formula is C10H20NW23Y-. The zero-order chi connectivity index (χ0) is 7.61. The second-order valence-electron chi connectivity index (χ2n) is 3.19. The SMILES string of the molecule is CC.CC12C=CN(CC1)C2.[CH3-].[W].[W].[W].[W].[W].[W].[W].[W].[W].[W].[W].[W].[W].[W].[W].[W].[W].[W].[W].[W].[W].[W].[W].[Y]. The van der Waals surface area contributed by atoms with Gasteiger partial charge in [0.25, 0.3) is 0 Å². The van der Waals surface area contributed by atoms with Crippen molar-refractivity contribution < 1.29 is 517 Å². The summed E-state index contributed by atoms with van der Waals surface area (Å²) in [5.41, 5.74) is 0.556. The molecule has 2 bridgehead atoms. The molecule has 25 heteroatoms. The van der Waals surface area contributed by atoms with Gasteiger partial charge >= 0.3 is 0 Å². The van der Waals surface area contributed by atoms with Gasteiger partial charge in [-0.05, 0) is 12.6 Å². The van der Waals surface area contributed by atoms with E-state index in [0.29, 0.717) is 5.41 Å². The monoisotopic (exact) mass is 4470 g/mol. The van der Waals surface area contributed by atoms with Crippen molar-refractivity contribution in [2.75, 3.05) is 13.1 Å². The minimum Gasteiger partial charge on any atom is -0.377 e. The van der Waals surface area contributed by atoms with Crippen LogP contribution in [0.5, 0.6) is 0 Å². The Labute approximate surface area is 571 Å². The van der Waals surface area contributed by atoms with Gasteiger partial charge in [-0.25, -0.2) is 0 Å². The van der Waals surface area contributed by atoms with Crippen molar-refractivity contribution >= 4 is 0 Å². The number of hydrogen-bond donors (Lipinski definition) is 0. The second kappa shape index (κ2) is 133. The van der Waals surface area contributed by atoms with Crippen LogP contribution in [0.1, 0.15) is 27.2 Å². The van der Waals surface area contributed by atoms with Crippen LogP contribution >= 0.6 is 0 Å². The molecule has 35 heavy (non-hydrogen) atoms. The van der Waals surface area contributed by atoms with Gasteiger partial charge in [0.1, 0.15) is 0 Å². The fourth-order valence-corrected chi connectivity index (χ4v) is 1.57. The van der Waals surface area contributed by atoms with Gasteiger partial charge in [-0.3, -0.25) is 0 Å². The van der Waals surface area contributed by atoms with Gasteiger partial charge in [0.15, 0.2) is 0 Å². The van der Waals surface area contributed by atoms with Crippen molar-refractivity contribution in [3.63, 3.8) is 0 Å². The van der Waals surface area contributed by atoms with Crippen molar-refractivity contribution in [3.05, 3.63) is 19.7 Å². The van der Waals surface area contributed by atoms with E-state index < -0.39 is 0 Å². The predicted molar refractivity (Wildman–Crippen MR) is 51.2 cm³/mol. The van der Waals surface area contributed by atoms with Crippen LogP contribution in [0.4, 0.5) is 0 Å². The van der Waals surface area contributed by atoms with Gasteiger partial charge in [-0.15, -0.1) is 0 Å². The third kappa shape index (κ3) is 106. The van der Waals surface area contributed by atoms with E-state index in [-0.39, 0.29) is 525 Å². The largest absolute Gasteiger partial charge is 0.377 e. The molecule has 207 valence electrons. The van der Waals surface area contributed by atoms with Crippen molar-refractivity contribution in [2.45, 2.75) is 27.2 Å².